The van der Waals surface area contributed by atoms with Gasteiger partial charge < -0.3 is 10.5 Å². The van der Waals surface area contributed by atoms with Gasteiger partial charge in [-0.15, -0.1) is 0 Å². The van der Waals surface area contributed by atoms with E-state index in [0.29, 0.717) is 11.6 Å². The molecule has 1 aromatic carbocycles. The number of aliphatic imine (C=N–C) groups is 1. The fourth-order valence-corrected chi connectivity index (χ4v) is 1.69. The minimum atomic E-state index is -0.364. The Bertz CT molecular complexity index is 446. The Hall–Kier alpha value is -1.55. The summed E-state index contributed by atoms with van der Waals surface area (Å²) < 4.78 is 4.80. The summed E-state index contributed by atoms with van der Waals surface area (Å²) in [7, 11) is 0. The molecule has 5 heteroatoms. The van der Waals surface area contributed by atoms with Crippen LogP contribution in [0.5, 0.6) is 0 Å². The number of esters is 1. The van der Waals surface area contributed by atoms with Gasteiger partial charge in [-0.2, -0.15) is 0 Å². The molecule has 2 N–H and O–H groups in total. The third-order valence-electron chi connectivity index (χ3n) is 2.32. The Morgan fingerprint density at radius 1 is 1.56 bits per heavy atom. The molecule has 0 unspecified atom stereocenters. The largest absolute Gasteiger partial charge is 0.466 e. The quantitative estimate of drug-likeness (QED) is 0.507. The minimum Gasteiger partial charge on any atom is -0.466 e. The van der Waals surface area contributed by atoms with Crippen LogP contribution < -0.4 is 5.73 Å². The van der Waals surface area contributed by atoms with Gasteiger partial charge in [0.05, 0.1) is 12.6 Å². The summed E-state index contributed by atoms with van der Waals surface area (Å²) >= 11 is 5.90. The van der Waals surface area contributed by atoms with Crippen LogP contribution in [0.25, 0.3) is 0 Å². The monoisotopic (exact) mass is 268 g/mol. The summed E-state index contributed by atoms with van der Waals surface area (Å²) in [5.41, 5.74) is 6.65. The molecule has 0 bridgehead atoms. The first-order valence-electron chi connectivity index (χ1n) is 5.76. The average Bonchev–Trinajstić information content (AvgIpc) is 2.28. The number of amidine groups is 1. The molecular formula is C13H17ClN2O2. The highest BCUT2D eigenvalue weighted by molar-refractivity contribution is 6.30. The van der Waals surface area contributed by atoms with Crippen LogP contribution in [0, 0.1) is 0 Å². The molecule has 0 saturated heterocycles. The molecule has 0 amide bonds. The third kappa shape index (κ3) is 4.75. The van der Waals surface area contributed by atoms with E-state index in [1.54, 1.807) is 13.0 Å². The normalized spacial score (nSPS) is 13.2. The molecule has 4 nitrogen and oxygen atoms in total. The molecule has 1 aromatic rings. The summed E-state index contributed by atoms with van der Waals surface area (Å²) in [5.74, 6) is -0.0991. The fraction of sp³-hybridized carbons (Fsp3) is 0.385. The topological polar surface area (TPSA) is 64.7 Å². The summed E-state index contributed by atoms with van der Waals surface area (Å²) in [6.45, 7) is 3.99. The van der Waals surface area contributed by atoms with Gasteiger partial charge in [-0.1, -0.05) is 23.7 Å². The number of carbonyl (C=O) groups is 1. The van der Waals surface area contributed by atoms with E-state index in [1.807, 2.05) is 25.1 Å². The van der Waals surface area contributed by atoms with Crippen LogP contribution in [0.2, 0.25) is 5.02 Å². The van der Waals surface area contributed by atoms with E-state index < -0.39 is 0 Å². The van der Waals surface area contributed by atoms with E-state index in [2.05, 4.69) is 4.99 Å². The maximum Gasteiger partial charge on any atom is 0.313 e. The molecule has 0 fully saturated rings. The summed E-state index contributed by atoms with van der Waals surface area (Å²) in [5, 5.41) is 0.651. The number of carbonyl (C=O) groups excluding carboxylic acids is 1. The second kappa shape index (κ2) is 7.01. The van der Waals surface area contributed by atoms with Crippen molar-refractivity contribution < 1.29 is 9.53 Å². The van der Waals surface area contributed by atoms with Crippen molar-refractivity contribution >= 4 is 23.4 Å². The van der Waals surface area contributed by atoms with Crippen LogP contribution in [0.1, 0.15) is 31.9 Å². The zero-order chi connectivity index (χ0) is 13.5. The molecule has 1 atom stereocenters. The first kappa shape index (κ1) is 14.5. The van der Waals surface area contributed by atoms with E-state index >= 15 is 0 Å². The van der Waals surface area contributed by atoms with Crippen molar-refractivity contribution in [3.05, 3.63) is 34.9 Å². The Kier molecular flexibility index (Phi) is 5.65. The Balaban J connectivity index is 2.67. The van der Waals surface area contributed by atoms with Gasteiger partial charge in [0.1, 0.15) is 12.3 Å². The fourth-order valence-electron chi connectivity index (χ4n) is 1.50. The summed E-state index contributed by atoms with van der Waals surface area (Å²) in [4.78, 5) is 15.5. The smallest absolute Gasteiger partial charge is 0.313 e. The highest BCUT2D eigenvalue weighted by atomic mass is 35.5. The molecule has 0 heterocycles. The van der Waals surface area contributed by atoms with Gasteiger partial charge in [0, 0.05) is 5.02 Å². The number of nitrogens with two attached hydrogens (primary N) is 1. The lowest BCUT2D eigenvalue weighted by molar-refractivity contribution is -0.141. The Labute approximate surface area is 112 Å². The molecule has 0 aromatic heterocycles. The highest BCUT2D eigenvalue weighted by Gasteiger charge is 2.08. The minimum absolute atomic E-state index is 0.0126. The predicted molar refractivity (Wildman–Crippen MR) is 72.7 cm³/mol. The van der Waals surface area contributed by atoms with E-state index in [9.17, 15) is 4.79 Å². The van der Waals surface area contributed by atoms with Gasteiger partial charge in [0.15, 0.2) is 0 Å². The number of benzene rings is 1. The molecule has 98 valence electrons. The molecule has 0 saturated carbocycles. The first-order chi connectivity index (χ1) is 8.52. The number of halogens is 1. The zero-order valence-corrected chi connectivity index (χ0v) is 11.3. The van der Waals surface area contributed by atoms with Crippen molar-refractivity contribution in [3.8, 4) is 0 Å². The predicted octanol–water partition coefficient (Wildman–Crippen LogP) is 2.71. The van der Waals surface area contributed by atoms with Gasteiger partial charge in [0.2, 0.25) is 0 Å². The van der Waals surface area contributed by atoms with Gasteiger partial charge in [-0.25, -0.2) is 0 Å². The van der Waals surface area contributed by atoms with Crippen molar-refractivity contribution in [1.82, 2.24) is 0 Å². The van der Waals surface area contributed by atoms with Crippen LogP contribution in [-0.4, -0.2) is 18.4 Å². The standard InChI is InChI=1S/C13H17ClN2O2/c1-3-18-13(17)8-12(15)16-9(2)10-5-4-6-11(14)7-10/h4-7,9H,3,8H2,1-2H3,(H2,15,16)/t9-/m0/s1. The molecule has 0 spiro atoms. The van der Waals surface area contributed by atoms with Gasteiger partial charge in [-0.05, 0) is 31.5 Å². The zero-order valence-electron chi connectivity index (χ0n) is 10.5. The second-order valence-corrected chi connectivity index (χ2v) is 4.27. The Morgan fingerprint density at radius 3 is 2.89 bits per heavy atom. The summed E-state index contributed by atoms with van der Waals surface area (Å²) in [6.07, 6.45) is 0.0126. The van der Waals surface area contributed by atoms with Crippen molar-refractivity contribution in [1.29, 1.82) is 0 Å². The van der Waals surface area contributed by atoms with Crippen LogP contribution in [-0.2, 0) is 9.53 Å². The highest BCUT2D eigenvalue weighted by Crippen LogP contribution is 2.20. The number of nitrogens with zero attached hydrogens (tertiary/aromatic N) is 1. The van der Waals surface area contributed by atoms with Crippen LogP contribution >= 0.6 is 11.6 Å². The van der Waals surface area contributed by atoms with E-state index in [-0.39, 0.29) is 24.3 Å². The molecule has 18 heavy (non-hydrogen) atoms. The van der Waals surface area contributed by atoms with Crippen LogP contribution in [0.4, 0.5) is 0 Å². The SMILES string of the molecule is CCOC(=O)CC(N)=N[C@@H](C)c1cccc(Cl)c1. The number of rotatable bonds is 5. The van der Waals surface area contributed by atoms with Gasteiger partial charge in [-0.3, -0.25) is 9.79 Å². The molecule has 0 aliphatic heterocycles. The Morgan fingerprint density at radius 2 is 2.28 bits per heavy atom. The lowest BCUT2D eigenvalue weighted by atomic mass is 10.1. The van der Waals surface area contributed by atoms with Gasteiger partial charge in [0.25, 0.3) is 0 Å². The molecule has 0 radical (unpaired) electrons. The maximum atomic E-state index is 11.2. The molecular weight excluding hydrogens is 252 g/mol. The van der Waals surface area contributed by atoms with Crippen molar-refractivity contribution in [2.45, 2.75) is 26.3 Å². The third-order valence-corrected chi connectivity index (χ3v) is 2.56. The lowest BCUT2D eigenvalue weighted by Gasteiger charge is -2.09. The lowest BCUT2D eigenvalue weighted by Crippen LogP contribution is -2.19. The summed E-state index contributed by atoms with van der Waals surface area (Å²) in [6, 6.07) is 7.25. The van der Waals surface area contributed by atoms with Crippen LogP contribution in [0.15, 0.2) is 29.3 Å². The average molecular weight is 269 g/mol. The van der Waals surface area contributed by atoms with E-state index in [4.69, 9.17) is 22.1 Å². The molecule has 0 aliphatic rings. The van der Waals surface area contributed by atoms with Crippen molar-refractivity contribution in [2.75, 3.05) is 6.61 Å². The number of hydrogen-bond donors (Lipinski definition) is 1. The number of ether oxygens (including phenoxy) is 1. The molecule has 1 rings (SSSR count). The van der Waals surface area contributed by atoms with E-state index in [1.165, 1.54) is 0 Å². The van der Waals surface area contributed by atoms with E-state index in [0.717, 1.165) is 5.56 Å². The second-order valence-electron chi connectivity index (χ2n) is 3.83. The van der Waals surface area contributed by atoms with Crippen molar-refractivity contribution in [3.63, 3.8) is 0 Å². The van der Waals surface area contributed by atoms with Crippen molar-refractivity contribution in [2.24, 2.45) is 10.7 Å². The molecule has 0 aliphatic carbocycles. The first-order valence-corrected chi connectivity index (χ1v) is 6.14. The van der Waals surface area contributed by atoms with Crippen LogP contribution in [0.3, 0.4) is 0 Å². The maximum absolute atomic E-state index is 11.2. The van der Waals surface area contributed by atoms with Gasteiger partial charge >= 0.3 is 5.97 Å². The number of hydrogen-bond acceptors (Lipinski definition) is 3.